The number of benzene rings is 2. The fourth-order valence-corrected chi connectivity index (χ4v) is 5.76. The van der Waals surface area contributed by atoms with E-state index in [4.69, 9.17) is 33.3 Å². The number of carboxylic acid groups (broad SMARTS) is 2. The summed E-state index contributed by atoms with van der Waals surface area (Å²) in [5, 5.41) is 20.1. The first kappa shape index (κ1) is 29.7. The fourth-order valence-electron chi connectivity index (χ4n) is 5.15. The Balaban J connectivity index is 0.000000505. The Kier molecular flexibility index (Phi) is 8.08. The smallest absolute Gasteiger partial charge is 0.480 e. The van der Waals surface area contributed by atoms with E-state index in [1.807, 2.05) is 39.0 Å². The van der Waals surface area contributed by atoms with Gasteiger partial charge in [-0.2, -0.15) is 13.2 Å². The average molecular weight is 579 g/mol. The molecule has 1 spiro atoms. The molecule has 1 amide bonds. The highest BCUT2D eigenvalue weighted by molar-refractivity contribution is 6.30. The predicted octanol–water partition coefficient (Wildman–Crippen LogP) is 5.81. The van der Waals surface area contributed by atoms with Gasteiger partial charge in [-0.3, -0.25) is 9.59 Å². The van der Waals surface area contributed by atoms with Crippen LogP contribution in [-0.4, -0.2) is 50.7 Å². The summed E-state index contributed by atoms with van der Waals surface area (Å²) in [4.78, 5) is 35.1. The molecule has 13 heteroatoms. The standard InChI is InChI=1S/C23H23Cl2FN2O3.C2HF3O2/c1-22(2,3)11-17-23(13-6-4-5-7-16(13)27-21(23)31)18(19(20(29)30)28(17)25)12-8-9-15(26)14(24)10-12;3-2(4,5)1(6)7/h4-10,17-19H,11H2,1-3H3,(H,27,31)(H,29,30);(H,6,7). The number of anilines is 1. The molecule has 0 saturated carbocycles. The molecular formula is C25H24Cl2F4N2O5. The number of alkyl halides is 3. The number of nitrogens with one attached hydrogen (secondary N) is 1. The minimum atomic E-state index is -5.08. The molecule has 0 aromatic heterocycles. The topological polar surface area (TPSA) is 107 Å². The Morgan fingerprint density at radius 3 is 2.18 bits per heavy atom. The van der Waals surface area contributed by atoms with E-state index in [-0.39, 0.29) is 16.3 Å². The van der Waals surface area contributed by atoms with E-state index in [0.717, 1.165) is 0 Å². The van der Waals surface area contributed by atoms with Gasteiger partial charge in [-0.25, -0.2) is 13.6 Å². The SMILES string of the molecule is CC(C)(C)CC1N(Cl)C(C(=O)O)C(c2ccc(F)c(Cl)c2)C12C(=O)Nc1ccccc12.O=C(O)C(F)(F)F. The summed E-state index contributed by atoms with van der Waals surface area (Å²) < 4.78 is 46.9. The molecule has 4 unspecified atom stereocenters. The number of carboxylic acids is 2. The van der Waals surface area contributed by atoms with E-state index < -0.39 is 47.3 Å². The Hall–Kier alpha value is -2.89. The van der Waals surface area contributed by atoms with E-state index in [1.54, 1.807) is 6.07 Å². The van der Waals surface area contributed by atoms with Gasteiger partial charge in [-0.05, 0) is 52.9 Å². The Morgan fingerprint density at radius 2 is 1.68 bits per heavy atom. The average Bonchev–Trinajstić information content (AvgIpc) is 3.21. The van der Waals surface area contributed by atoms with Crippen molar-refractivity contribution in [3.63, 3.8) is 0 Å². The van der Waals surface area contributed by atoms with Gasteiger partial charge in [0.25, 0.3) is 0 Å². The number of para-hydroxylation sites is 1. The highest BCUT2D eigenvalue weighted by Gasteiger charge is 2.69. The summed E-state index contributed by atoms with van der Waals surface area (Å²) in [6.45, 7) is 6.05. The van der Waals surface area contributed by atoms with E-state index in [9.17, 15) is 32.3 Å². The molecule has 1 fully saturated rings. The van der Waals surface area contributed by atoms with Crippen molar-refractivity contribution in [3.8, 4) is 0 Å². The number of fused-ring (bicyclic) bond motifs is 2. The second-order valence-corrected chi connectivity index (χ2v) is 11.0. The zero-order valence-electron chi connectivity index (χ0n) is 20.3. The van der Waals surface area contributed by atoms with Crippen LogP contribution in [0.15, 0.2) is 42.5 Å². The molecule has 4 rings (SSSR count). The Bertz CT molecular complexity index is 1270. The molecule has 2 aromatic carbocycles. The normalized spacial score (nSPS) is 25.0. The fraction of sp³-hybridized carbons (Fsp3) is 0.400. The molecule has 2 heterocycles. The predicted molar refractivity (Wildman–Crippen MR) is 132 cm³/mol. The van der Waals surface area contributed by atoms with Crippen LogP contribution in [0.25, 0.3) is 0 Å². The number of carbonyl (C=O) groups excluding carboxylic acids is 1. The van der Waals surface area contributed by atoms with E-state index in [0.29, 0.717) is 23.2 Å². The largest absolute Gasteiger partial charge is 0.490 e. The van der Waals surface area contributed by atoms with Crippen molar-refractivity contribution in [1.29, 1.82) is 0 Å². The maximum absolute atomic E-state index is 13.9. The molecule has 38 heavy (non-hydrogen) atoms. The van der Waals surface area contributed by atoms with E-state index in [1.165, 1.54) is 22.6 Å². The van der Waals surface area contributed by atoms with Crippen LogP contribution in [-0.2, 0) is 19.8 Å². The van der Waals surface area contributed by atoms with Gasteiger partial charge in [0, 0.05) is 17.6 Å². The third-order valence-corrected chi connectivity index (χ3v) is 7.23. The van der Waals surface area contributed by atoms with Crippen LogP contribution >= 0.6 is 23.4 Å². The number of nitrogens with zero attached hydrogens (tertiary/aromatic N) is 1. The van der Waals surface area contributed by atoms with Crippen molar-refractivity contribution in [2.24, 2.45) is 5.41 Å². The number of rotatable bonds is 3. The highest BCUT2D eigenvalue weighted by Crippen LogP contribution is 2.60. The lowest BCUT2D eigenvalue weighted by Crippen LogP contribution is -2.49. The molecule has 0 bridgehead atoms. The summed E-state index contributed by atoms with van der Waals surface area (Å²) in [6, 6.07) is 9.49. The quantitative estimate of drug-likeness (QED) is 0.313. The lowest BCUT2D eigenvalue weighted by Gasteiger charge is -2.38. The molecule has 0 radical (unpaired) electrons. The first-order valence-electron chi connectivity index (χ1n) is 11.3. The van der Waals surface area contributed by atoms with Crippen molar-refractivity contribution in [1.82, 2.24) is 4.42 Å². The Morgan fingerprint density at radius 1 is 1.11 bits per heavy atom. The molecular weight excluding hydrogens is 555 g/mol. The maximum atomic E-state index is 13.9. The van der Waals surface area contributed by atoms with Gasteiger partial charge in [0.15, 0.2) is 0 Å². The van der Waals surface area contributed by atoms with Crippen LogP contribution < -0.4 is 5.32 Å². The van der Waals surface area contributed by atoms with Crippen LogP contribution in [0.1, 0.15) is 44.2 Å². The molecule has 2 aromatic rings. The van der Waals surface area contributed by atoms with Crippen molar-refractivity contribution >= 4 is 46.9 Å². The van der Waals surface area contributed by atoms with Gasteiger partial charge >= 0.3 is 18.1 Å². The number of hydrogen-bond acceptors (Lipinski definition) is 4. The van der Waals surface area contributed by atoms with Crippen molar-refractivity contribution < 1.29 is 42.2 Å². The molecule has 2 aliphatic heterocycles. The Labute approximate surface area is 225 Å². The van der Waals surface area contributed by atoms with Gasteiger partial charge < -0.3 is 15.5 Å². The van der Waals surface area contributed by atoms with Crippen LogP contribution in [0, 0.1) is 11.2 Å². The molecule has 206 valence electrons. The zero-order valence-corrected chi connectivity index (χ0v) is 21.8. The number of halogens is 6. The number of amides is 1. The van der Waals surface area contributed by atoms with Crippen molar-refractivity contribution in [3.05, 3.63) is 64.4 Å². The molecule has 2 aliphatic rings. The van der Waals surface area contributed by atoms with Gasteiger partial charge in [-0.1, -0.05) is 56.6 Å². The van der Waals surface area contributed by atoms with Crippen LogP contribution in [0.5, 0.6) is 0 Å². The van der Waals surface area contributed by atoms with Gasteiger partial charge in [-0.15, -0.1) is 0 Å². The third-order valence-electron chi connectivity index (χ3n) is 6.50. The first-order valence-corrected chi connectivity index (χ1v) is 12.0. The molecule has 3 N–H and O–H groups in total. The summed E-state index contributed by atoms with van der Waals surface area (Å²) in [7, 11) is 0. The second kappa shape index (κ2) is 10.3. The number of hydrogen-bond donors (Lipinski definition) is 3. The second-order valence-electron chi connectivity index (χ2n) is 10.2. The number of carbonyl (C=O) groups is 3. The van der Waals surface area contributed by atoms with E-state index in [2.05, 4.69) is 5.32 Å². The zero-order chi connectivity index (χ0) is 28.8. The lowest BCUT2D eigenvalue weighted by atomic mass is 9.62. The summed E-state index contributed by atoms with van der Waals surface area (Å²) in [5.41, 5.74) is 0.235. The number of aliphatic carboxylic acids is 2. The summed E-state index contributed by atoms with van der Waals surface area (Å²) in [6.07, 6.45) is -4.62. The highest BCUT2D eigenvalue weighted by atomic mass is 35.5. The molecule has 0 aliphatic carbocycles. The van der Waals surface area contributed by atoms with Crippen LogP contribution in [0.4, 0.5) is 23.2 Å². The third kappa shape index (κ3) is 5.32. The lowest BCUT2D eigenvalue weighted by molar-refractivity contribution is -0.192. The molecule has 1 saturated heterocycles. The summed E-state index contributed by atoms with van der Waals surface area (Å²) >= 11 is 12.8. The molecule has 7 nitrogen and oxygen atoms in total. The van der Waals surface area contributed by atoms with Gasteiger partial charge in [0.05, 0.1) is 5.02 Å². The van der Waals surface area contributed by atoms with Gasteiger partial charge in [0.1, 0.15) is 17.3 Å². The van der Waals surface area contributed by atoms with E-state index >= 15 is 0 Å². The summed E-state index contributed by atoms with van der Waals surface area (Å²) in [5.74, 6) is -5.73. The minimum Gasteiger partial charge on any atom is -0.480 e. The van der Waals surface area contributed by atoms with Crippen LogP contribution in [0.2, 0.25) is 5.02 Å². The van der Waals surface area contributed by atoms with Gasteiger partial charge in [0.2, 0.25) is 5.91 Å². The van der Waals surface area contributed by atoms with Crippen LogP contribution in [0.3, 0.4) is 0 Å². The monoisotopic (exact) mass is 578 g/mol. The van der Waals surface area contributed by atoms with Crippen molar-refractivity contribution in [2.45, 2.75) is 56.8 Å². The maximum Gasteiger partial charge on any atom is 0.490 e. The molecule has 4 atom stereocenters. The first-order chi connectivity index (χ1) is 17.4. The minimum absolute atomic E-state index is 0.135. The van der Waals surface area contributed by atoms with Crippen molar-refractivity contribution in [2.75, 3.05) is 5.32 Å².